The molecule has 0 unspecified atom stereocenters. The minimum atomic E-state index is 0.205. The molecule has 0 saturated heterocycles. The van der Waals surface area contributed by atoms with Crippen molar-refractivity contribution < 1.29 is 9.47 Å². The maximum Gasteiger partial charge on any atom is 0.222 e. The Morgan fingerprint density at radius 2 is 1.90 bits per heavy atom. The molecule has 1 heterocycles. The summed E-state index contributed by atoms with van der Waals surface area (Å²) in [6, 6.07) is 5.60. The fraction of sp³-hybridized carbons (Fsp3) is 0.286. The number of nitrogens with zero attached hydrogens (tertiary/aromatic N) is 2. The first-order valence-electron chi connectivity index (χ1n) is 6.58. The van der Waals surface area contributed by atoms with E-state index in [4.69, 9.17) is 15.2 Å². The third-order valence-corrected chi connectivity index (χ3v) is 3.15. The molecule has 0 saturated carbocycles. The van der Waals surface area contributed by atoms with Gasteiger partial charge in [0.05, 0.1) is 17.7 Å². The summed E-state index contributed by atoms with van der Waals surface area (Å²) >= 11 is 3.38. The average Bonchev–Trinajstić information content (AvgIpc) is 2.46. The van der Waals surface area contributed by atoms with Crippen LogP contribution in [-0.4, -0.2) is 23.2 Å². The maximum atomic E-state index is 5.59. The fourth-order valence-corrected chi connectivity index (χ4v) is 2.02. The molecule has 1 aromatic carbocycles. The van der Waals surface area contributed by atoms with Crippen LogP contribution in [0.5, 0.6) is 11.5 Å². The van der Waals surface area contributed by atoms with Gasteiger partial charge in [0.1, 0.15) is 5.82 Å². The number of hydrogen-bond acceptors (Lipinski definition) is 6. The van der Waals surface area contributed by atoms with E-state index in [0.717, 1.165) is 10.2 Å². The van der Waals surface area contributed by atoms with Gasteiger partial charge in [-0.15, -0.1) is 0 Å². The molecule has 3 N–H and O–H groups in total. The number of ether oxygens (including phenoxy) is 2. The highest BCUT2D eigenvalue weighted by atomic mass is 79.9. The predicted octanol–water partition coefficient (Wildman–Crippen LogP) is 3.36. The number of aromatic nitrogens is 2. The molecule has 7 heteroatoms. The summed E-state index contributed by atoms with van der Waals surface area (Å²) in [6.45, 7) is 5.01. The van der Waals surface area contributed by atoms with Crippen LogP contribution in [0.3, 0.4) is 0 Å². The van der Waals surface area contributed by atoms with Gasteiger partial charge in [-0.2, -0.15) is 4.98 Å². The first-order valence-corrected chi connectivity index (χ1v) is 7.38. The Morgan fingerprint density at radius 1 is 1.19 bits per heavy atom. The first-order chi connectivity index (χ1) is 10.1. The average molecular weight is 353 g/mol. The van der Waals surface area contributed by atoms with Crippen molar-refractivity contribution in [2.24, 2.45) is 0 Å². The summed E-state index contributed by atoms with van der Waals surface area (Å²) in [5.74, 6) is 2.19. The van der Waals surface area contributed by atoms with Gasteiger partial charge in [0.25, 0.3) is 0 Å². The Hall–Kier alpha value is -2.02. The third-order valence-electron chi connectivity index (χ3n) is 2.57. The van der Waals surface area contributed by atoms with E-state index in [1.54, 1.807) is 6.20 Å². The van der Waals surface area contributed by atoms with Gasteiger partial charge in [0, 0.05) is 18.0 Å². The molecule has 1 aromatic heterocycles. The molecule has 2 aromatic rings. The van der Waals surface area contributed by atoms with Crippen LogP contribution in [0, 0.1) is 0 Å². The minimum absolute atomic E-state index is 0.205. The largest absolute Gasteiger partial charge is 0.490 e. The topological polar surface area (TPSA) is 82.3 Å². The molecular formula is C14H17BrN4O2. The van der Waals surface area contributed by atoms with Gasteiger partial charge >= 0.3 is 0 Å². The van der Waals surface area contributed by atoms with Crippen LogP contribution in [0.4, 0.5) is 17.5 Å². The molecule has 0 radical (unpaired) electrons. The number of rotatable bonds is 6. The van der Waals surface area contributed by atoms with Gasteiger partial charge in [-0.3, -0.25) is 0 Å². The summed E-state index contributed by atoms with van der Waals surface area (Å²) < 4.78 is 11.8. The number of nitrogens with two attached hydrogens (primary N) is 1. The zero-order valence-corrected chi connectivity index (χ0v) is 13.5. The maximum absolute atomic E-state index is 5.59. The molecule has 21 heavy (non-hydrogen) atoms. The molecule has 0 amide bonds. The molecule has 2 rings (SSSR count). The van der Waals surface area contributed by atoms with Gasteiger partial charge < -0.3 is 20.5 Å². The molecule has 6 nitrogen and oxygen atoms in total. The van der Waals surface area contributed by atoms with Crippen molar-refractivity contribution in [3.05, 3.63) is 28.9 Å². The molecule has 0 fully saturated rings. The molecule has 0 aliphatic rings. The SMILES string of the molecule is CCOc1ccc(Nc2nc(N)ncc2Br)cc1OCC. The Morgan fingerprint density at radius 3 is 2.62 bits per heavy atom. The monoisotopic (exact) mass is 352 g/mol. The number of anilines is 3. The Bertz CT molecular complexity index is 622. The van der Waals surface area contributed by atoms with Crippen molar-refractivity contribution in [3.63, 3.8) is 0 Å². The van der Waals surface area contributed by atoms with E-state index in [9.17, 15) is 0 Å². The Balaban J connectivity index is 2.27. The van der Waals surface area contributed by atoms with Gasteiger partial charge in [-0.1, -0.05) is 0 Å². The van der Waals surface area contributed by atoms with E-state index in [1.165, 1.54) is 0 Å². The van der Waals surface area contributed by atoms with Gasteiger partial charge in [-0.25, -0.2) is 4.98 Å². The van der Waals surface area contributed by atoms with E-state index in [-0.39, 0.29) is 5.95 Å². The van der Waals surface area contributed by atoms with Gasteiger partial charge in [0.2, 0.25) is 5.95 Å². The quantitative estimate of drug-likeness (QED) is 0.829. The predicted molar refractivity (Wildman–Crippen MR) is 86.2 cm³/mol. The summed E-state index contributed by atoms with van der Waals surface area (Å²) in [5.41, 5.74) is 6.41. The standard InChI is InChI=1S/C14H17BrN4O2/c1-3-20-11-6-5-9(7-12(11)21-4-2)18-13-10(15)8-17-14(16)19-13/h5-8H,3-4H2,1-2H3,(H3,16,17,18,19). The zero-order chi connectivity index (χ0) is 15.2. The molecule has 0 spiro atoms. The van der Waals surface area contributed by atoms with Crippen molar-refractivity contribution >= 4 is 33.4 Å². The highest BCUT2D eigenvalue weighted by Crippen LogP contribution is 2.32. The van der Waals surface area contributed by atoms with Crippen LogP contribution in [0.25, 0.3) is 0 Å². The number of benzene rings is 1. The number of halogens is 1. The minimum Gasteiger partial charge on any atom is -0.490 e. The molecule has 0 aliphatic heterocycles. The second kappa shape index (κ2) is 7.12. The van der Waals surface area contributed by atoms with Crippen LogP contribution in [0.15, 0.2) is 28.9 Å². The molecule has 112 valence electrons. The summed E-state index contributed by atoms with van der Waals surface area (Å²) in [4.78, 5) is 8.04. The summed E-state index contributed by atoms with van der Waals surface area (Å²) in [6.07, 6.45) is 1.60. The molecule has 0 bridgehead atoms. The normalized spacial score (nSPS) is 10.2. The Kier molecular flexibility index (Phi) is 5.21. The van der Waals surface area contributed by atoms with Crippen molar-refractivity contribution in [1.82, 2.24) is 9.97 Å². The third kappa shape index (κ3) is 3.98. The molecular weight excluding hydrogens is 336 g/mol. The second-order valence-electron chi connectivity index (χ2n) is 4.08. The number of hydrogen-bond donors (Lipinski definition) is 2. The lowest BCUT2D eigenvalue weighted by atomic mass is 10.2. The van der Waals surface area contributed by atoms with E-state index >= 15 is 0 Å². The van der Waals surface area contributed by atoms with Crippen molar-refractivity contribution in [1.29, 1.82) is 0 Å². The smallest absolute Gasteiger partial charge is 0.222 e. The summed E-state index contributed by atoms with van der Waals surface area (Å²) in [7, 11) is 0. The zero-order valence-electron chi connectivity index (χ0n) is 11.9. The van der Waals surface area contributed by atoms with E-state index < -0.39 is 0 Å². The van der Waals surface area contributed by atoms with Crippen LogP contribution in [0.1, 0.15) is 13.8 Å². The first kappa shape index (κ1) is 15.4. The van der Waals surface area contributed by atoms with E-state index in [2.05, 4.69) is 31.2 Å². The number of nitrogens with one attached hydrogen (secondary N) is 1. The number of nitrogen functional groups attached to an aromatic ring is 1. The Labute approximate surface area is 131 Å². The second-order valence-corrected chi connectivity index (χ2v) is 4.93. The van der Waals surface area contributed by atoms with Crippen molar-refractivity contribution in [2.75, 3.05) is 24.3 Å². The lowest BCUT2D eigenvalue weighted by Crippen LogP contribution is -2.02. The molecule has 0 atom stereocenters. The fourth-order valence-electron chi connectivity index (χ4n) is 1.73. The van der Waals surface area contributed by atoms with Crippen molar-refractivity contribution in [3.8, 4) is 11.5 Å². The lowest BCUT2D eigenvalue weighted by Gasteiger charge is -2.13. The van der Waals surface area contributed by atoms with Crippen molar-refractivity contribution in [2.45, 2.75) is 13.8 Å². The highest BCUT2D eigenvalue weighted by molar-refractivity contribution is 9.10. The van der Waals surface area contributed by atoms with Gasteiger partial charge in [0.15, 0.2) is 11.5 Å². The van der Waals surface area contributed by atoms with E-state index in [1.807, 2.05) is 32.0 Å². The van der Waals surface area contributed by atoms with Crippen LogP contribution in [0.2, 0.25) is 0 Å². The molecule has 0 aliphatic carbocycles. The highest BCUT2D eigenvalue weighted by Gasteiger charge is 2.08. The van der Waals surface area contributed by atoms with Crippen LogP contribution < -0.4 is 20.5 Å². The van der Waals surface area contributed by atoms with Gasteiger partial charge in [-0.05, 0) is 41.9 Å². The van der Waals surface area contributed by atoms with E-state index in [0.29, 0.717) is 30.5 Å². The van der Waals surface area contributed by atoms with Crippen LogP contribution >= 0.6 is 15.9 Å². The lowest BCUT2D eigenvalue weighted by molar-refractivity contribution is 0.288. The van der Waals surface area contributed by atoms with Crippen LogP contribution in [-0.2, 0) is 0 Å². The summed E-state index contributed by atoms with van der Waals surface area (Å²) in [5, 5.41) is 3.17.